The first-order valence-electron chi connectivity index (χ1n) is 5.56. The first-order valence-corrected chi connectivity index (χ1v) is 5.56. The quantitative estimate of drug-likeness (QED) is 0.776. The van der Waals surface area contributed by atoms with Gasteiger partial charge in [0.15, 0.2) is 5.65 Å². The Bertz CT molecular complexity index is 598. The summed E-state index contributed by atoms with van der Waals surface area (Å²) >= 11 is 0. The minimum atomic E-state index is -4.77. The van der Waals surface area contributed by atoms with Crippen LogP contribution in [0.5, 0.6) is 0 Å². The van der Waals surface area contributed by atoms with Crippen molar-refractivity contribution in [2.75, 3.05) is 0 Å². The van der Waals surface area contributed by atoms with Crippen LogP contribution in [0, 0.1) is 11.7 Å². The third-order valence-corrected chi connectivity index (χ3v) is 3.05. The Morgan fingerprint density at radius 2 is 2.00 bits per heavy atom. The molecule has 7 heteroatoms. The Labute approximate surface area is 99.4 Å². The van der Waals surface area contributed by atoms with E-state index in [9.17, 15) is 17.6 Å². The van der Waals surface area contributed by atoms with Crippen LogP contribution in [0.2, 0.25) is 0 Å². The van der Waals surface area contributed by atoms with Crippen LogP contribution < -0.4 is 0 Å². The monoisotopic (exact) mass is 259 g/mol. The summed E-state index contributed by atoms with van der Waals surface area (Å²) in [4.78, 5) is 0. The van der Waals surface area contributed by atoms with Crippen LogP contribution in [0.1, 0.15) is 24.2 Å². The van der Waals surface area contributed by atoms with Gasteiger partial charge in [0.25, 0.3) is 0 Å². The molecule has 2 heterocycles. The van der Waals surface area contributed by atoms with E-state index < -0.39 is 23.2 Å². The summed E-state index contributed by atoms with van der Waals surface area (Å²) in [7, 11) is 0. The van der Waals surface area contributed by atoms with Crippen molar-refractivity contribution < 1.29 is 17.6 Å². The highest BCUT2D eigenvalue weighted by Crippen LogP contribution is 2.35. The minimum Gasteiger partial charge on any atom is -0.286 e. The summed E-state index contributed by atoms with van der Waals surface area (Å²) in [6, 6.07) is 0.801. The number of alkyl halides is 3. The molecule has 0 amide bonds. The van der Waals surface area contributed by atoms with Crippen LogP contribution in [-0.2, 0) is 12.6 Å². The molecule has 0 N–H and O–H groups in total. The van der Waals surface area contributed by atoms with Crippen molar-refractivity contribution in [3.05, 3.63) is 29.5 Å². The van der Waals surface area contributed by atoms with Gasteiger partial charge in [0, 0.05) is 12.6 Å². The Balaban J connectivity index is 2.16. The second kappa shape index (κ2) is 3.66. The summed E-state index contributed by atoms with van der Waals surface area (Å²) in [5, 5.41) is 7.22. The van der Waals surface area contributed by atoms with E-state index >= 15 is 0 Å². The molecule has 0 spiro atoms. The first kappa shape index (κ1) is 11.4. The lowest BCUT2D eigenvalue weighted by molar-refractivity contribution is -0.139. The van der Waals surface area contributed by atoms with Crippen molar-refractivity contribution in [2.24, 2.45) is 5.92 Å². The number of pyridine rings is 1. The Hall–Kier alpha value is -1.66. The predicted molar refractivity (Wildman–Crippen MR) is 54.4 cm³/mol. The maximum absolute atomic E-state index is 13.3. The van der Waals surface area contributed by atoms with Crippen molar-refractivity contribution in [3.63, 3.8) is 0 Å². The van der Waals surface area contributed by atoms with E-state index in [0.717, 1.165) is 18.9 Å². The Morgan fingerprint density at radius 3 is 2.61 bits per heavy atom. The van der Waals surface area contributed by atoms with Gasteiger partial charge in [-0.15, -0.1) is 10.2 Å². The first-order chi connectivity index (χ1) is 8.47. The van der Waals surface area contributed by atoms with Crippen LogP contribution in [0.3, 0.4) is 0 Å². The molecule has 18 heavy (non-hydrogen) atoms. The van der Waals surface area contributed by atoms with Crippen molar-refractivity contribution >= 4 is 5.65 Å². The average Bonchev–Trinajstić information content (AvgIpc) is 2.98. The third kappa shape index (κ3) is 1.83. The Morgan fingerprint density at radius 1 is 1.28 bits per heavy atom. The van der Waals surface area contributed by atoms with Crippen LogP contribution in [0.25, 0.3) is 5.65 Å². The van der Waals surface area contributed by atoms with Crippen molar-refractivity contribution in [1.29, 1.82) is 0 Å². The normalized spacial score (nSPS) is 16.4. The van der Waals surface area contributed by atoms with E-state index in [2.05, 4.69) is 10.2 Å². The Kier molecular flexibility index (Phi) is 2.33. The average molecular weight is 259 g/mol. The van der Waals surface area contributed by atoms with Gasteiger partial charge in [-0.1, -0.05) is 0 Å². The van der Waals surface area contributed by atoms with E-state index in [0.29, 0.717) is 18.2 Å². The highest BCUT2D eigenvalue weighted by molar-refractivity contribution is 5.50. The summed E-state index contributed by atoms with van der Waals surface area (Å²) in [5.74, 6) is -0.393. The molecule has 3 nitrogen and oxygen atoms in total. The van der Waals surface area contributed by atoms with Crippen LogP contribution in [0.15, 0.2) is 12.3 Å². The number of rotatable bonds is 2. The molecule has 2 aromatic rings. The van der Waals surface area contributed by atoms with Gasteiger partial charge < -0.3 is 0 Å². The molecule has 1 aliphatic carbocycles. The number of hydrogen-bond acceptors (Lipinski definition) is 2. The summed E-state index contributed by atoms with van der Waals surface area (Å²) in [5.41, 5.74) is -1.81. The second-order valence-corrected chi connectivity index (χ2v) is 4.49. The van der Waals surface area contributed by atoms with E-state index in [-0.39, 0.29) is 0 Å². The predicted octanol–water partition coefficient (Wildman–Crippen LogP) is 2.84. The molecule has 0 unspecified atom stereocenters. The highest BCUT2D eigenvalue weighted by atomic mass is 19.4. The molecule has 0 saturated heterocycles. The van der Waals surface area contributed by atoms with Gasteiger partial charge in [0.2, 0.25) is 0 Å². The molecule has 0 radical (unpaired) electrons. The van der Waals surface area contributed by atoms with E-state index in [1.807, 2.05) is 0 Å². The second-order valence-electron chi connectivity index (χ2n) is 4.49. The zero-order valence-electron chi connectivity index (χ0n) is 9.21. The molecular formula is C11H9F4N3. The fraction of sp³-hybridized carbons (Fsp3) is 0.455. The maximum Gasteiger partial charge on any atom is 0.422 e. The maximum atomic E-state index is 13.3. The molecule has 0 aromatic carbocycles. The summed E-state index contributed by atoms with van der Waals surface area (Å²) in [6.45, 7) is 0. The molecule has 96 valence electrons. The molecular weight excluding hydrogens is 250 g/mol. The van der Waals surface area contributed by atoms with Crippen molar-refractivity contribution in [3.8, 4) is 0 Å². The summed E-state index contributed by atoms with van der Waals surface area (Å²) < 4.78 is 52.7. The molecule has 1 saturated carbocycles. The van der Waals surface area contributed by atoms with Gasteiger partial charge in [-0.25, -0.2) is 4.39 Å². The van der Waals surface area contributed by atoms with Crippen LogP contribution >= 0.6 is 0 Å². The number of halogens is 4. The zero-order valence-corrected chi connectivity index (χ0v) is 9.21. The fourth-order valence-electron chi connectivity index (χ4n) is 1.96. The molecule has 2 aromatic heterocycles. The lowest BCUT2D eigenvalue weighted by Gasteiger charge is -2.09. The van der Waals surface area contributed by atoms with Crippen molar-refractivity contribution in [2.45, 2.75) is 25.4 Å². The standard InChI is InChI=1S/C11H9F4N3/c12-7-3-4-18-8(5-6-1-2-6)16-17-10(18)9(7)11(13,14)15/h3-4,6H,1-2,5H2. The lowest BCUT2D eigenvalue weighted by atomic mass is 10.2. The molecule has 1 fully saturated rings. The number of fused-ring (bicyclic) bond motifs is 1. The van der Waals surface area contributed by atoms with Gasteiger partial charge >= 0.3 is 6.18 Å². The zero-order chi connectivity index (χ0) is 12.9. The molecule has 0 atom stereocenters. The minimum absolute atomic E-state index is 0.456. The highest BCUT2D eigenvalue weighted by Gasteiger charge is 2.38. The van der Waals surface area contributed by atoms with E-state index in [4.69, 9.17) is 0 Å². The lowest BCUT2D eigenvalue weighted by Crippen LogP contribution is -2.11. The van der Waals surface area contributed by atoms with E-state index in [1.165, 1.54) is 10.6 Å². The molecule has 0 bridgehead atoms. The van der Waals surface area contributed by atoms with Gasteiger partial charge in [-0.2, -0.15) is 13.2 Å². The van der Waals surface area contributed by atoms with Crippen LogP contribution in [0.4, 0.5) is 17.6 Å². The molecule has 0 aliphatic heterocycles. The number of hydrogen-bond donors (Lipinski definition) is 0. The topological polar surface area (TPSA) is 30.2 Å². The fourth-order valence-corrected chi connectivity index (χ4v) is 1.96. The van der Waals surface area contributed by atoms with Gasteiger partial charge in [-0.3, -0.25) is 4.40 Å². The summed E-state index contributed by atoms with van der Waals surface area (Å²) in [6.07, 6.45) is -0.817. The van der Waals surface area contributed by atoms with E-state index in [1.54, 1.807) is 0 Å². The number of aromatic nitrogens is 3. The van der Waals surface area contributed by atoms with Gasteiger partial charge in [-0.05, 0) is 24.8 Å². The number of nitrogens with zero attached hydrogens (tertiary/aromatic N) is 3. The third-order valence-electron chi connectivity index (χ3n) is 3.05. The molecule has 1 aliphatic rings. The molecule has 3 rings (SSSR count). The van der Waals surface area contributed by atoms with Gasteiger partial charge in [0.05, 0.1) is 0 Å². The van der Waals surface area contributed by atoms with Crippen molar-refractivity contribution in [1.82, 2.24) is 14.6 Å². The van der Waals surface area contributed by atoms with Crippen LogP contribution in [-0.4, -0.2) is 14.6 Å². The smallest absolute Gasteiger partial charge is 0.286 e. The SMILES string of the molecule is Fc1ccn2c(CC3CC3)nnc2c1C(F)(F)F. The van der Waals surface area contributed by atoms with Gasteiger partial charge in [0.1, 0.15) is 17.2 Å². The largest absolute Gasteiger partial charge is 0.422 e.